The first-order chi connectivity index (χ1) is 14.5. The van der Waals surface area contributed by atoms with Crippen LogP contribution in [0.5, 0.6) is 0 Å². The van der Waals surface area contributed by atoms with Gasteiger partial charge in [-0.25, -0.2) is 8.78 Å². The van der Waals surface area contributed by atoms with Crippen molar-refractivity contribution in [3.8, 4) is 0 Å². The van der Waals surface area contributed by atoms with Crippen LogP contribution in [-0.2, 0) is 9.53 Å². The van der Waals surface area contributed by atoms with E-state index in [9.17, 15) is 13.6 Å². The number of carbonyl (C=O) groups is 1. The second-order valence-corrected chi connectivity index (χ2v) is 7.47. The summed E-state index contributed by atoms with van der Waals surface area (Å²) in [5, 5.41) is 12.0. The first-order valence-corrected chi connectivity index (χ1v) is 9.91. The zero-order chi connectivity index (χ0) is 21.1. The molecule has 0 saturated carbocycles. The summed E-state index contributed by atoms with van der Waals surface area (Å²) in [5.74, 6) is -1.37. The number of amides is 1. The Morgan fingerprint density at radius 2 is 2.00 bits per heavy atom. The van der Waals surface area contributed by atoms with Crippen LogP contribution >= 0.6 is 11.3 Å². The number of thiophene rings is 1. The molecule has 1 atom stereocenters. The summed E-state index contributed by atoms with van der Waals surface area (Å²) in [7, 11) is 1.43. The van der Waals surface area contributed by atoms with Crippen LogP contribution in [0.15, 0.2) is 53.9 Å². The predicted molar refractivity (Wildman–Crippen MR) is 114 cm³/mol. The molecular formula is C22H17F2N3O2S. The molecule has 0 spiro atoms. The summed E-state index contributed by atoms with van der Waals surface area (Å²) in [4.78, 5) is 13.4. The largest absolute Gasteiger partial charge is 0.366 e. The minimum atomic E-state index is -0.831. The lowest BCUT2D eigenvalue weighted by Crippen LogP contribution is -2.22. The molecule has 0 aliphatic rings. The molecule has 2 heterocycles. The van der Waals surface area contributed by atoms with E-state index in [0.717, 1.165) is 10.4 Å². The molecule has 0 bridgehead atoms. The van der Waals surface area contributed by atoms with Crippen LogP contribution in [0.3, 0.4) is 0 Å². The molecule has 0 aliphatic carbocycles. The minimum absolute atomic E-state index is 0.0314. The summed E-state index contributed by atoms with van der Waals surface area (Å²) < 4.78 is 32.9. The highest BCUT2D eigenvalue weighted by Crippen LogP contribution is 2.28. The normalized spacial score (nSPS) is 12.5. The van der Waals surface area contributed by atoms with E-state index in [2.05, 4.69) is 15.5 Å². The van der Waals surface area contributed by atoms with Crippen LogP contribution in [0.4, 0.5) is 14.5 Å². The van der Waals surface area contributed by atoms with Crippen LogP contribution in [0.1, 0.15) is 22.2 Å². The van der Waals surface area contributed by atoms with Gasteiger partial charge in [0.1, 0.15) is 11.6 Å². The molecule has 0 radical (unpaired) electrons. The molecule has 2 aromatic carbocycles. The van der Waals surface area contributed by atoms with E-state index in [4.69, 9.17) is 4.74 Å². The Bertz CT molecular complexity index is 1200. The SMILES string of the molecule is COC(C(=O)Nc1cc2c(C=Cc3ccc(F)cc3)n[nH]c2cc1F)c1cccs1. The number of halogens is 2. The molecule has 4 aromatic rings. The standard InChI is InChI=1S/C22H17F2N3O2S/c1-29-21(20-3-2-10-30-20)22(28)25-19-11-15-17(26-27-18(15)12-16(19)24)9-6-13-4-7-14(23)8-5-13/h2-12,21H,1H3,(H,25,28)(H,26,27). The van der Waals surface area contributed by atoms with Crippen molar-refractivity contribution in [2.75, 3.05) is 12.4 Å². The topological polar surface area (TPSA) is 67.0 Å². The van der Waals surface area contributed by atoms with Crippen molar-refractivity contribution in [1.82, 2.24) is 10.2 Å². The third-order valence-electron chi connectivity index (χ3n) is 4.52. The van der Waals surface area contributed by atoms with Gasteiger partial charge in [-0.1, -0.05) is 24.3 Å². The van der Waals surface area contributed by atoms with Gasteiger partial charge >= 0.3 is 0 Å². The number of aromatic amines is 1. The Morgan fingerprint density at radius 3 is 2.70 bits per heavy atom. The number of nitrogens with one attached hydrogen (secondary N) is 2. The summed E-state index contributed by atoms with van der Waals surface area (Å²) in [6.07, 6.45) is 2.68. The number of hydrogen-bond donors (Lipinski definition) is 2. The summed E-state index contributed by atoms with van der Waals surface area (Å²) >= 11 is 1.38. The summed E-state index contributed by atoms with van der Waals surface area (Å²) in [5.41, 5.74) is 1.88. The third-order valence-corrected chi connectivity index (χ3v) is 5.43. The van der Waals surface area contributed by atoms with Crippen molar-refractivity contribution < 1.29 is 18.3 Å². The van der Waals surface area contributed by atoms with Crippen LogP contribution in [0, 0.1) is 11.6 Å². The van der Waals surface area contributed by atoms with Gasteiger partial charge in [-0.2, -0.15) is 5.10 Å². The second kappa shape index (κ2) is 8.56. The highest BCUT2D eigenvalue weighted by Gasteiger charge is 2.22. The van der Waals surface area contributed by atoms with Crippen molar-refractivity contribution in [2.24, 2.45) is 0 Å². The van der Waals surface area contributed by atoms with E-state index in [-0.39, 0.29) is 11.5 Å². The number of fused-ring (bicyclic) bond motifs is 1. The molecule has 1 amide bonds. The van der Waals surface area contributed by atoms with Crippen molar-refractivity contribution in [3.63, 3.8) is 0 Å². The molecule has 30 heavy (non-hydrogen) atoms. The number of benzene rings is 2. The van der Waals surface area contributed by atoms with Gasteiger partial charge in [0.15, 0.2) is 6.10 Å². The van der Waals surface area contributed by atoms with Crippen LogP contribution in [0.25, 0.3) is 23.1 Å². The number of hydrogen-bond acceptors (Lipinski definition) is 4. The maximum atomic E-state index is 14.5. The number of methoxy groups -OCH3 is 1. The number of rotatable bonds is 6. The number of aromatic nitrogens is 2. The first-order valence-electron chi connectivity index (χ1n) is 9.03. The van der Waals surface area contributed by atoms with Crippen molar-refractivity contribution in [3.05, 3.63) is 81.7 Å². The molecule has 2 N–H and O–H groups in total. The third kappa shape index (κ3) is 4.14. The smallest absolute Gasteiger partial charge is 0.259 e. The quantitative estimate of drug-likeness (QED) is 0.435. The maximum absolute atomic E-state index is 14.5. The monoisotopic (exact) mass is 425 g/mol. The number of carbonyl (C=O) groups excluding carboxylic acids is 1. The highest BCUT2D eigenvalue weighted by atomic mass is 32.1. The van der Waals surface area contributed by atoms with Crippen LogP contribution in [0.2, 0.25) is 0 Å². The maximum Gasteiger partial charge on any atom is 0.259 e. The molecule has 0 aliphatic heterocycles. The molecule has 152 valence electrons. The van der Waals surface area contributed by atoms with E-state index >= 15 is 0 Å². The molecule has 0 saturated heterocycles. The number of anilines is 1. The second-order valence-electron chi connectivity index (χ2n) is 6.49. The Hall–Kier alpha value is -3.36. The molecule has 0 fully saturated rings. The van der Waals surface area contributed by atoms with Crippen molar-refractivity contribution >= 4 is 46.0 Å². The zero-order valence-electron chi connectivity index (χ0n) is 15.9. The van der Waals surface area contributed by atoms with Gasteiger partial charge in [0.2, 0.25) is 0 Å². The minimum Gasteiger partial charge on any atom is -0.366 e. The average Bonchev–Trinajstić information content (AvgIpc) is 3.39. The van der Waals surface area contributed by atoms with E-state index in [0.29, 0.717) is 16.6 Å². The first kappa shape index (κ1) is 19.9. The lowest BCUT2D eigenvalue weighted by molar-refractivity contribution is -0.125. The number of ether oxygens (including phenoxy) is 1. The summed E-state index contributed by atoms with van der Waals surface area (Å²) in [6, 6.07) is 12.4. The molecule has 1 unspecified atom stereocenters. The van der Waals surface area contributed by atoms with Crippen molar-refractivity contribution in [1.29, 1.82) is 0 Å². The lowest BCUT2D eigenvalue weighted by Gasteiger charge is -2.14. The van der Waals surface area contributed by atoms with Gasteiger partial charge in [0, 0.05) is 23.4 Å². The van der Waals surface area contributed by atoms with Gasteiger partial charge < -0.3 is 10.1 Å². The van der Waals surface area contributed by atoms with Crippen molar-refractivity contribution in [2.45, 2.75) is 6.10 Å². The van der Waals surface area contributed by atoms with Gasteiger partial charge in [-0.05, 0) is 41.3 Å². The predicted octanol–water partition coefficient (Wildman–Crippen LogP) is 5.40. The fourth-order valence-electron chi connectivity index (χ4n) is 3.02. The van der Waals surface area contributed by atoms with Gasteiger partial charge in [-0.15, -0.1) is 11.3 Å². The van der Waals surface area contributed by atoms with Gasteiger partial charge in [0.25, 0.3) is 5.91 Å². The van der Waals surface area contributed by atoms with Gasteiger partial charge in [-0.3, -0.25) is 9.89 Å². The van der Waals surface area contributed by atoms with E-state index in [1.807, 2.05) is 11.4 Å². The lowest BCUT2D eigenvalue weighted by atomic mass is 10.1. The van der Waals surface area contributed by atoms with Crippen LogP contribution in [-0.4, -0.2) is 23.2 Å². The fourth-order valence-corrected chi connectivity index (χ4v) is 3.82. The number of H-pyrrole nitrogens is 1. The Kier molecular flexibility index (Phi) is 5.69. The molecule has 5 nitrogen and oxygen atoms in total. The van der Waals surface area contributed by atoms with E-state index < -0.39 is 17.8 Å². The number of nitrogens with zero attached hydrogens (tertiary/aromatic N) is 1. The molecule has 8 heteroatoms. The van der Waals surface area contributed by atoms with E-state index in [1.54, 1.807) is 30.4 Å². The Morgan fingerprint density at radius 1 is 1.20 bits per heavy atom. The summed E-state index contributed by atoms with van der Waals surface area (Å²) in [6.45, 7) is 0. The Balaban J connectivity index is 1.61. The molecular weight excluding hydrogens is 408 g/mol. The van der Waals surface area contributed by atoms with E-state index in [1.165, 1.54) is 42.7 Å². The Labute approximate surface area is 175 Å². The van der Waals surface area contributed by atoms with Gasteiger partial charge in [0.05, 0.1) is 16.9 Å². The highest BCUT2D eigenvalue weighted by molar-refractivity contribution is 7.10. The molecule has 4 rings (SSSR count). The fraction of sp³-hybridized carbons (Fsp3) is 0.0909. The average molecular weight is 425 g/mol. The van der Waals surface area contributed by atoms with Crippen LogP contribution < -0.4 is 5.32 Å². The zero-order valence-corrected chi connectivity index (χ0v) is 16.7. The molecule has 2 aromatic heterocycles.